The van der Waals surface area contributed by atoms with Crippen LogP contribution in [0.15, 0.2) is 47.6 Å². The van der Waals surface area contributed by atoms with Crippen molar-refractivity contribution in [1.29, 1.82) is 0 Å². The number of allylic oxidation sites excluding steroid dienone is 6. The van der Waals surface area contributed by atoms with Gasteiger partial charge in [-0.1, -0.05) is 70.1 Å². The summed E-state index contributed by atoms with van der Waals surface area (Å²) in [7, 11) is 3.00. The molecule has 74 heavy (non-hydrogen) atoms. The number of terminal acetylenes is 1. The predicted octanol–water partition coefficient (Wildman–Crippen LogP) is 6.22. The van der Waals surface area contributed by atoms with Gasteiger partial charge in [-0.05, 0) is 107 Å². The number of rotatable bonds is 12. The molecule has 2 bridgehead atoms. The minimum atomic E-state index is -2.47. The Morgan fingerprint density at radius 3 is 2.32 bits per heavy atom. The van der Waals surface area contributed by atoms with Crippen LogP contribution in [-0.2, 0) is 57.1 Å². The summed E-state index contributed by atoms with van der Waals surface area (Å²) in [4.78, 5) is 72.9. The summed E-state index contributed by atoms with van der Waals surface area (Å²) in [6.45, 7) is 12.7. The zero-order chi connectivity index (χ0) is 54.1. The van der Waals surface area contributed by atoms with Crippen molar-refractivity contribution in [3.63, 3.8) is 0 Å². The third-order valence-corrected chi connectivity index (χ3v) is 16.0. The lowest BCUT2D eigenvalue weighted by Gasteiger charge is -2.43. The Bertz CT molecular complexity index is 2040. The van der Waals surface area contributed by atoms with Crippen molar-refractivity contribution in [2.75, 3.05) is 53.8 Å². The molecule has 4 aliphatic heterocycles. The van der Waals surface area contributed by atoms with Crippen LogP contribution in [0.2, 0.25) is 0 Å². The topological polar surface area (TPSA) is 214 Å². The van der Waals surface area contributed by atoms with Gasteiger partial charge in [0.15, 0.2) is 5.78 Å². The maximum absolute atomic E-state index is 14.6. The quantitative estimate of drug-likeness (QED) is 0.0651. The molecule has 16 nitrogen and oxygen atoms in total. The number of cyclic esters (lactones) is 1. The van der Waals surface area contributed by atoms with E-state index in [2.05, 4.69) is 5.92 Å². The molecule has 3 saturated heterocycles. The Hall–Kier alpha value is -3.89. The summed E-state index contributed by atoms with van der Waals surface area (Å²) < 4.78 is 42.0. The maximum atomic E-state index is 14.6. The Morgan fingerprint density at radius 1 is 0.892 bits per heavy atom. The van der Waals surface area contributed by atoms with Gasteiger partial charge in [-0.2, -0.15) is 0 Å². The number of aliphatic hydroxyl groups excluding tert-OH is 2. The van der Waals surface area contributed by atoms with Crippen LogP contribution in [0.25, 0.3) is 0 Å². The summed E-state index contributed by atoms with van der Waals surface area (Å²) in [5.74, 6) is -5.80. The summed E-state index contributed by atoms with van der Waals surface area (Å²) in [6, 6.07) is -1.16. The molecule has 4 fully saturated rings. The van der Waals surface area contributed by atoms with Crippen molar-refractivity contribution in [3.8, 4) is 12.3 Å². The Morgan fingerprint density at radius 2 is 1.65 bits per heavy atom. The second-order valence-corrected chi connectivity index (χ2v) is 21.8. The fourth-order valence-electron chi connectivity index (χ4n) is 11.0. The van der Waals surface area contributed by atoms with Crippen LogP contribution < -0.4 is 0 Å². The molecule has 5 rings (SSSR count). The standard InChI is InChI=1S/C58H87NO15/c1-10-42-18-13-11-12-17-36(2)49(72-35-44-33-70-34-44)31-45-22-20-41(7)58(67,74-45)55(64)56(65)59-24-15-14-19-46(59)57(66)73-50(38(4)28-43-21-23-48(51(30-43)68-8)71-26-16-25-60)32-47(61)37(3)27-39(5)52(62)54(69-9)53(63)40(6)29-42/h1,11-13,17-18,27,37-38,40-46,48-52,54,60,62,67H,14-16,19-26,28-35H2,2-9H3/b12-11+,18-13+,36-17+,39-27+/t37-,38-,40-,41-,42-,43+,45+,46?,48-,49?,50+,51-,52-,54-,58-/m1/s1. The number of Topliss-reactive ketones (excluding diaryl/α,β-unsaturated/α-hetero) is 3. The second-order valence-electron chi connectivity index (χ2n) is 21.8. The van der Waals surface area contributed by atoms with E-state index < -0.39 is 83.7 Å². The van der Waals surface area contributed by atoms with Crippen LogP contribution in [-0.4, -0.2) is 158 Å². The highest BCUT2D eigenvalue weighted by atomic mass is 16.6. The first-order chi connectivity index (χ1) is 35.3. The Kier molecular flexibility index (Phi) is 24.4. The number of hydrogen-bond acceptors (Lipinski definition) is 15. The highest BCUT2D eigenvalue weighted by Gasteiger charge is 2.53. The van der Waals surface area contributed by atoms with Crippen molar-refractivity contribution in [2.24, 2.45) is 41.4 Å². The normalized spacial score (nSPS) is 38.0. The molecule has 414 valence electrons. The van der Waals surface area contributed by atoms with E-state index in [0.717, 1.165) is 18.4 Å². The summed E-state index contributed by atoms with van der Waals surface area (Å²) in [6.07, 6.45) is 17.6. The third kappa shape index (κ3) is 16.6. The first-order valence-electron chi connectivity index (χ1n) is 27.2. The second kappa shape index (κ2) is 29.6. The number of amides is 1. The zero-order valence-electron chi connectivity index (χ0n) is 45.3. The van der Waals surface area contributed by atoms with Crippen LogP contribution in [0.4, 0.5) is 0 Å². The number of nitrogens with zero attached hydrogens (tertiary/aromatic N) is 1. The molecule has 1 saturated carbocycles. The van der Waals surface area contributed by atoms with E-state index in [1.54, 1.807) is 40.9 Å². The molecule has 1 aliphatic carbocycles. The highest BCUT2D eigenvalue weighted by Crippen LogP contribution is 2.38. The van der Waals surface area contributed by atoms with E-state index in [-0.39, 0.29) is 73.9 Å². The van der Waals surface area contributed by atoms with Gasteiger partial charge in [-0.3, -0.25) is 19.2 Å². The minimum Gasteiger partial charge on any atom is -0.460 e. The van der Waals surface area contributed by atoms with Crippen LogP contribution in [0.1, 0.15) is 125 Å². The van der Waals surface area contributed by atoms with Gasteiger partial charge in [0, 0.05) is 76.4 Å². The molecule has 5 aliphatic rings. The van der Waals surface area contributed by atoms with Crippen LogP contribution in [0.3, 0.4) is 0 Å². The summed E-state index contributed by atoms with van der Waals surface area (Å²) >= 11 is 0. The fraction of sp³-hybridized carbons (Fsp3) is 0.741. The molecular formula is C58H87NO15. The number of hydrogen-bond donors (Lipinski definition) is 3. The van der Waals surface area contributed by atoms with Gasteiger partial charge in [0.25, 0.3) is 11.7 Å². The number of aliphatic hydroxyl groups is 3. The van der Waals surface area contributed by atoms with Gasteiger partial charge < -0.3 is 53.4 Å². The maximum Gasteiger partial charge on any atom is 0.329 e. The first-order valence-corrected chi connectivity index (χ1v) is 27.2. The largest absolute Gasteiger partial charge is 0.460 e. The van der Waals surface area contributed by atoms with Crippen molar-refractivity contribution in [2.45, 2.75) is 180 Å². The number of esters is 1. The van der Waals surface area contributed by atoms with Gasteiger partial charge in [-0.25, -0.2) is 4.79 Å². The number of piperidine rings is 1. The predicted molar refractivity (Wildman–Crippen MR) is 277 cm³/mol. The van der Waals surface area contributed by atoms with Gasteiger partial charge in [0.1, 0.15) is 30.1 Å². The lowest BCUT2D eigenvalue weighted by Crippen LogP contribution is -2.61. The molecular weight excluding hydrogens is 951 g/mol. The number of ether oxygens (including phenoxy) is 7. The van der Waals surface area contributed by atoms with Crippen LogP contribution in [0.5, 0.6) is 0 Å². The Balaban J connectivity index is 1.47. The van der Waals surface area contributed by atoms with Gasteiger partial charge in [0.05, 0.1) is 44.2 Å². The number of ketones is 3. The van der Waals surface area contributed by atoms with E-state index in [9.17, 15) is 39.3 Å². The number of carbonyl (C=O) groups is 5. The van der Waals surface area contributed by atoms with E-state index in [1.807, 2.05) is 44.2 Å². The number of methoxy groups -OCH3 is 2. The molecule has 0 aromatic rings. The van der Waals surface area contributed by atoms with Crippen molar-refractivity contribution in [3.05, 3.63) is 47.6 Å². The zero-order valence-corrected chi connectivity index (χ0v) is 45.3. The highest BCUT2D eigenvalue weighted by molar-refractivity contribution is 6.39. The molecule has 4 heterocycles. The molecule has 2 unspecified atom stereocenters. The van der Waals surface area contributed by atoms with E-state index >= 15 is 0 Å². The average molecular weight is 1040 g/mol. The van der Waals surface area contributed by atoms with Crippen molar-refractivity contribution in [1.82, 2.24) is 4.90 Å². The van der Waals surface area contributed by atoms with Crippen molar-refractivity contribution >= 4 is 29.2 Å². The lowest BCUT2D eigenvalue weighted by atomic mass is 9.78. The summed E-state index contributed by atoms with van der Waals surface area (Å²) in [5, 5.41) is 33.0. The molecule has 1 amide bonds. The minimum absolute atomic E-state index is 0.0282. The molecule has 0 aromatic carbocycles. The fourth-order valence-corrected chi connectivity index (χ4v) is 11.0. The molecule has 0 aromatic heterocycles. The molecule has 16 heteroatoms. The smallest absolute Gasteiger partial charge is 0.329 e. The Labute approximate surface area is 439 Å². The number of fused-ring (bicyclic) bond motifs is 3. The van der Waals surface area contributed by atoms with E-state index in [0.29, 0.717) is 83.4 Å². The van der Waals surface area contributed by atoms with Crippen LogP contribution >= 0.6 is 0 Å². The van der Waals surface area contributed by atoms with Gasteiger partial charge in [0.2, 0.25) is 5.79 Å². The van der Waals surface area contributed by atoms with Crippen LogP contribution in [0, 0.1) is 53.8 Å². The number of carbonyl (C=O) groups excluding carboxylic acids is 5. The molecule has 15 atom stereocenters. The van der Waals surface area contributed by atoms with E-state index in [4.69, 9.17) is 39.6 Å². The lowest BCUT2D eigenvalue weighted by molar-refractivity contribution is -0.266. The summed E-state index contributed by atoms with van der Waals surface area (Å²) in [5.41, 5.74) is 1.21. The third-order valence-electron chi connectivity index (χ3n) is 16.0. The first kappa shape index (κ1) is 61.0. The van der Waals surface area contributed by atoms with E-state index in [1.165, 1.54) is 12.0 Å². The van der Waals surface area contributed by atoms with Crippen molar-refractivity contribution < 1.29 is 72.5 Å². The molecule has 3 N–H and O–H groups in total. The monoisotopic (exact) mass is 1040 g/mol. The average Bonchev–Trinajstić information content (AvgIpc) is 3.37. The SMILES string of the molecule is C#C[C@@H]1/C=C/C=C/C=C(\C)C(OCC2COC2)C[C@@H]2CC[C@@H](C)[C@@](O)(O2)C(=O)C(=O)N2CCCCC2C(=O)O[C@H]([C@H](C)C[C@@H]2CC[C@@H](OCCCO)[C@H](OC)C2)CC(=O)[C@H](C)/C=C(\C)[C@@H](O)[C@@H](OC)C(=O)[C@H](C)C1. The van der Waals surface area contributed by atoms with Gasteiger partial charge >= 0.3 is 5.97 Å². The molecule has 0 radical (unpaired) electrons. The molecule has 0 spiro atoms. The van der Waals surface area contributed by atoms with Gasteiger partial charge in [-0.15, -0.1) is 6.42 Å².